The number of aromatic carboxylic acids is 1. The summed E-state index contributed by atoms with van der Waals surface area (Å²) in [6.45, 7) is 14.4. The van der Waals surface area contributed by atoms with Crippen LogP contribution in [0.1, 0.15) is 74.4 Å². The lowest BCUT2D eigenvalue weighted by molar-refractivity contribution is 0.0696. The average Bonchev–Trinajstić information content (AvgIpc) is 2.42. The normalized spacial score (nSPS) is 14.1. The summed E-state index contributed by atoms with van der Waals surface area (Å²) >= 11 is 1.62. The van der Waals surface area contributed by atoms with Gasteiger partial charge in [-0.1, -0.05) is 52.5 Å². The van der Waals surface area contributed by atoms with Crippen LogP contribution in [-0.4, -0.2) is 11.1 Å². The molecule has 1 aliphatic rings. The third-order valence-electron chi connectivity index (χ3n) is 4.08. The highest BCUT2D eigenvalue weighted by atomic mass is 32.2. The van der Waals surface area contributed by atoms with Gasteiger partial charge in [-0.2, -0.15) is 0 Å². The molecule has 0 aromatic heterocycles. The number of carboxylic acid groups (broad SMARTS) is 1. The lowest BCUT2D eigenvalue weighted by atomic mass is 9.78. The molecule has 122 valence electrons. The zero-order valence-electron chi connectivity index (χ0n) is 14.4. The molecule has 2 rings (SSSR count). The Bertz CT molecular complexity index is 543. The third-order valence-corrected chi connectivity index (χ3v) is 5.45. The van der Waals surface area contributed by atoms with E-state index in [1.165, 1.54) is 30.4 Å². The molecular weight excluding hydrogens is 292 g/mol. The molecule has 3 heteroatoms. The Balaban J connectivity index is 0.00000116. The summed E-state index contributed by atoms with van der Waals surface area (Å²) in [5.41, 5.74) is 2.85. The molecule has 1 fully saturated rings. The highest BCUT2D eigenvalue weighted by molar-refractivity contribution is 8.03. The first-order chi connectivity index (χ1) is 10.4. The highest BCUT2D eigenvalue weighted by Crippen LogP contribution is 2.42. The fourth-order valence-corrected chi connectivity index (χ4v) is 3.32. The van der Waals surface area contributed by atoms with E-state index in [9.17, 15) is 9.90 Å². The molecule has 0 atom stereocenters. The number of benzene rings is 1. The first-order valence-electron chi connectivity index (χ1n) is 8.14. The Morgan fingerprint density at radius 2 is 1.91 bits per heavy atom. The van der Waals surface area contributed by atoms with Crippen molar-refractivity contribution in [2.24, 2.45) is 5.92 Å². The van der Waals surface area contributed by atoms with Crippen LogP contribution in [0.5, 0.6) is 0 Å². The molecule has 1 aromatic carbocycles. The first kappa shape index (κ1) is 18.8. The second kappa shape index (κ2) is 8.42. The Morgan fingerprint density at radius 1 is 1.32 bits per heavy atom. The molecule has 1 N–H and O–H groups in total. The van der Waals surface area contributed by atoms with E-state index in [4.69, 9.17) is 0 Å². The number of allylic oxidation sites excluding steroid dienone is 1. The van der Waals surface area contributed by atoms with Crippen LogP contribution < -0.4 is 0 Å². The van der Waals surface area contributed by atoms with Crippen molar-refractivity contribution in [3.05, 3.63) is 40.3 Å². The molecule has 0 amide bonds. The van der Waals surface area contributed by atoms with E-state index >= 15 is 0 Å². The summed E-state index contributed by atoms with van der Waals surface area (Å²) in [5, 5.41) is 9.31. The van der Waals surface area contributed by atoms with Crippen LogP contribution in [-0.2, 0) is 0 Å². The molecule has 0 heterocycles. The van der Waals surface area contributed by atoms with E-state index in [1.807, 2.05) is 19.9 Å². The standard InChI is InChI=1S/C17H22O2S.C2H6/c1-10(2)12(4)20-16-9-14(17(18)19)8-15(11(16)3)13-6-5-7-13;1-2/h8-10,13H,4-7H2,1-3H3,(H,18,19);1-2H3. The molecule has 0 unspecified atom stereocenters. The van der Waals surface area contributed by atoms with Gasteiger partial charge in [-0.15, -0.1) is 0 Å². The maximum Gasteiger partial charge on any atom is 0.335 e. The number of hydrogen-bond acceptors (Lipinski definition) is 2. The van der Waals surface area contributed by atoms with Gasteiger partial charge in [-0.05, 0) is 59.8 Å². The van der Waals surface area contributed by atoms with E-state index < -0.39 is 5.97 Å². The van der Waals surface area contributed by atoms with Gasteiger partial charge in [0.1, 0.15) is 0 Å². The van der Waals surface area contributed by atoms with E-state index in [2.05, 4.69) is 27.4 Å². The van der Waals surface area contributed by atoms with Gasteiger partial charge in [0.05, 0.1) is 5.56 Å². The van der Waals surface area contributed by atoms with Crippen LogP contribution in [0.15, 0.2) is 28.5 Å². The average molecular weight is 320 g/mol. The number of rotatable bonds is 5. The molecular formula is C19H28O2S. The molecule has 0 aliphatic heterocycles. The number of carboxylic acids is 1. The van der Waals surface area contributed by atoms with Gasteiger partial charge >= 0.3 is 5.97 Å². The first-order valence-corrected chi connectivity index (χ1v) is 8.96. The van der Waals surface area contributed by atoms with Gasteiger partial charge in [-0.25, -0.2) is 4.79 Å². The summed E-state index contributed by atoms with van der Waals surface area (Å²) in [6.07, 6.45) is 3.61. The SMILES string of the molecule is C=C(Sc1cc(C(=O)O)cc(C2CCC2)c1C)C(C)C.CC. The van der Waals surface area contributed by atoms with Crippen molar-refractivity contribution in [3.63, 3.8) is 0 Å². The fourth-order valence-electron chi connectivity index (χ4n) is 2.34. The van der Waals surface area contributed by atoms with Gasteiger partial charge in [0.2, 0.25) is 0 Å². The van der Waals surface area contributed by atoms with E-state index in [1.54, 1.807) is 17.8 Å². The molecule has 1 saturated carbocycles. The molecule has 0 spiro atoms. The van der Waals surface area contributed by atoms with Crippen LogP contribution in [0.4, 0.5) is 0 Å². The summed E-state index contributed by atoms with van der Waals surface area (Å²) < 4.78 is 0. The third kappa shape index (κ3) is 4.39. The number of carbonyl (C=O) groups is 1. The van der Waals surface area contributed by atoms with Crippen LogP contribution in [0.25, 0.3) is 0 Å². The van der Waals surface area contributed by atoms with Gasteiger partial charge in [0.25, 0.3) is 0 Å². The van der Waals surface area contributed by atoms with Gasteiger partial charge < -0.3 is 5.11 Å². The van der Waals surface area contributed by atoms with E-state index in [0.717, 1.165) is 9.80 Å². The Hall–Kier alpha value is -1.22. The van der Waals surface area contributed by atoms with Gasteiger partial charge in [0, 0.05) is 4.90 Å². The molecule has 0 bridgehead atoms. The zero-order valence-corrected chi connectivity index (χ0v) is 15.2. The van der Waals surface area contributed by atoms with Crippen LogP contribution in [0.2, 0.25) is 0 Å². The highest BCUT2D eigenvalue weighted by Gasteiger charge is 2.24. The molecule has 1 aliphatic carbocycles. The topological polar surface area (TPSA) is 37.3 Å². The fraction of sp³-hybridized carbons (Fsp3) is 0.526. The van der Waals surface area contributed by atoms with Crippen molar-refractivity contribution in [1.82, 2.24) is 0 Å². The quantitative estimate of drug-likeness (QED) is 0.652. The summed E-state index contributed by atoms with van der Waals surface area (Å²) in [6, 6.07) is 3.65. The van der Waals surface area contributed by atoms with Gasteiger partial charge in [-0.3, -0.25) is 0 Å². The predicted molar refractivity (Wildman–Crippen MR) is 95.9 cm³/mol. The number of thioether (sulfide) groups is 1. The summed E-state index contributed by atoms with van der Waals surface area (Å²) in [5.74, 6) is 0.0867. The van der Waals surface area contributed by atoms with Crippen molar-refractivity contribution in [3.8, 4) is 0 Å². The Kier molecular flexibility index (Phi) is 7.21. The van der Waals surface area contributed by atoms with Crippen LogP contribution in [0.3, 0.4) is 0 Å². The molecule has 0 radical (unpaired) electrons. The summed E-state index contributed by atoms with van der Waals surface area (Å²) in [4.78, 5) is 13.5. The second-order valence-electron chi connectivity index (χ2n) is 5.84. The van der Waals surface area contributed by atoms with Crippen molar-refractivity contribution >= 4 is 17.7 Å². The van der Waals surface area contributed by atoms with Gasteiger partial charge in [0.15, 0.2) is 0 Å². The lowest BCUT2D eigenvalue weighted by Crippen LogP contribution is -2.12. The smallest absolute Gasteiger partial charge is 0.335 e. The van der Waals surface area contributed by atoms with Crippen molar-refractivity contribution in [2.45, 2.75) is 64.7 Å². The minimum absolute atomic E-state index is 0.389. The maximum atomic E-state index is 11.3. The maximum absolute atomic E-state index is 11.3. The minimum Gasteiger partial charge on any atom is -0.478 e. The summed E-state index contributed by atoms with van der Waals surface area (Å²) in [7, 11) is 0. The van der Waals surface area contributed by atoms with Crippen molar-refractivity contribution in [1.29, 1.82) is 0 Å². The van der Waals surface area contributed by atoms with Crippen LogP contribution >= 0.6 is 11.8 Å². The van der Waals surface area contributed by atoms with Crippen molar-refractivity contribution < 1.29 is 9.90 Å². The van der Waals surface area contributed by atoms with Crippen molar-refractivity contribution in [2.75, 3.05) is 0 Å². The van der Waals surface area contributed by atoms with E-state index in [0.29, 0.717) is 17.4 Å². The zero-order chi connectivity index (χ0) is 16.9. The molecule has 2 nitrogen and oxygen atoms in total. The monoisotopic (exact) mass is 320 g/mol. The second-order valence-corrected chi connectivity index (χ2v) is 7.01. The molecule has 22 heavy (non-hydrogen) atoms. The lowest BCUT2D eigenvalue weighted by Gasteiger charge is -2.28. The van der Waals surface area contributed by atoms with E-state index in [-0.39, 0.29) is 0 Å². The Morgan fingerprint density at radius 3 is 2.32 bits per heavy atom. The number of hydrogen-bond donors (Lipinski definition) is 1. The van der Waals surface area contributed by atoms with Crippen LogP contribution in [0, 0.1) is 12.8 Å². The molecule has 0 saturated heterocycles. The predicted octanol–water partition coefficient (Wildman–Crippen LogP) is 6.25. The largest absolute Gasteiger partial charge is 0.478 e. The minimum atomic E-state index is -0.845. The Labute approximate surface area is 139 Å². The molecule has 1 aromatic rings.